The molecule has 0 aromatic heterocycles. The van der Waals surface area contributed by atoms with Gasteiger partial charge in [0, 0.05) is 34.4 Å². The van der Waals surface area contributed by atoms with Crippen LogP contribution < -0.4 is 109 Å². The van der Waals surface area contributed by atoms with Crippen LogP contribution in [0.25, 0.3) is 0 Å². The van der Waals surface area contributed by atoms with Crippen molar-refractivity contribution in [3.63, 3.8) is 0 Å². The average molecular weight is 1810 g/mol. The Morgan fingerprint density at radius 2 is 0.620 bits per heavy atom. The van der Waals surface area contributed by atoms with Gasteiger partial charge < -0.3 is 62.8 Å². The number of carbonyl (C=O) groups excluding carboxylic acids is 9. The van der Waals surface area contributed by atoms with Crippen molar-refractivity contribution in [3.05, 3.63) is 66.2 Å². The predicted octanol–water partition coefficient (Wildman–Crippen LogP) is 6.73. The van der Waals surface area contributed by atoms with E-state index >= 15 is 0 Å². The summed E-state index contributed by atoms with van der Waals surface area (Å²) in [5, 5.41) is 7.64. The van der Waals surface area contributed by atoms with Gasteiger partial charge in [-0.3, -0.25) is 43.2 Å². The molecule has 3 atom stereocenters. The average Bonchev–Trinajstić information content (AvgIpc) is 0.866. The Labute approximate surface area is 797 Å². The first kappa shape index (κ1) is 135. The van der Waals surface area contributed by atoms with Crippen molar-refractivity contribution in [2.24, 2.45) is 50.2 Å². The maximum Gasteiger partial charge on any atom is 1.00 e. The molecule has 0 heterocycles. The number of rotatable bonds is 34. The summed E-state index contributed by atoms with van der Waals surface area (Å²) >= 11 is 0. The van der Waals surface area contributed by atoms with E-state index in [0.717, 1.165) is 62.7 Å². The fourth-order valence-electron chi connectivity index (χ4n) is 8.47. The molecule has 34 heteroatoms. The number of benzene rings is 2. The Bertz CT molecular complexity index is 3360. The Hall–Kier alpha value is -3.80. The van der Waals surface area contributed by atoms with Crippen molar-refractivity contribution >= 4 is 83.9 Å². The maximum absolute atomic E-state index is 11.7. The summed E-state index contributed by atoms with van der Waals surface area (Å²) in [6, 6.07) is 19.2. The molecule has 0 radical (unpaired) electrons. The van der Waals surface area contributed by atoms with Gasteiger partial charge in [-0.25, -0.2) is 25.3 Å². The molecule has 1 aliphatic carbocycles. The summed E-state index contributed by atoms with van der Waals surface area (Å²) in [5.41, 5.74) is -4.04. The van der Waals surface area contributed by atoms with E-state index < -0.39 is 69.6 Å². The van der Waals surface area contributed by atoms with Crippen molar-refractivity contribution < 1.29 is 204 Å². The first-order valence-electron chi connectivity index (χ1n) is 40.8. The van der Waals surface area contributed by atoms with Crippen molar-refractivity contribution in [1.29, 1.82) is 0 Å². The van der Waals surface area contributed by atoms with Crippen LogP contribution in [0.4, 0.5) is 0 Å². The first-order valence-corrected chi connectivity index (χ1v) is 45.6. The van der Waals surface area contributed by atoms with Crippen LogP contribution in [0.3, 0.4) is 0 Å². The van der Waals surface area contributed by atoms with E-state index in [9.17, 15) is 82.1 Å². The molecule has 2 aromatic carbocycles. The largest absolute Gasteiger partial charge is 1.00 e. The summed E-state index contributed by atoms with van der Waals surface area (Å²) in [4.78, 5) is 102. The molecule has 3 rings (SSSR count). The van der Waals surface area contributed by atoms with E-state index in [1.807, 2.05) is 206 Å². The minimum absolute atomic E-state index is 0. The molecule has 1 fully saturated rings. The van der Waals surface area contributed by atoms with Gasteiger partial charge in [-0.1, -0.05) is 138 Å². The first-order chi connectivity index (χ1) is 53.5. The van der Waals surface area contributed by atoms with Gasteiger partial charge in [0.05, 0.1) is 101 Å². The summed E-state index contributed by atoms with van der Waals surface area (Å²) < 4.78 is 130. The number of amides is 3. The van der Waals surface area contributed by atoms with Crippen LogP contribution in [0.15, 0.2) is 60.7 Å². The molecular weight excluding hydrogens is 1650 g/mol. The molecule has 3 N–H and O–H groups in total. The Kier molecular flexibility index (Phi) is 73.4. The van der Waals surface area contributed by atoms with Crippen LogP contribution >= 0.6 is 0 Å². The number of ether oxygens (including phenoxy) is 7. The molecule has 690 valence electrons. The zero-order valence-electron chi connectivity index (χ0n) is 81.2. The second-order valence-corrected chi connectivity index (χ2v) is 39.3. The quantitative estimate of drug-likeness (QED) is 0.0215. The second kappa shape index (κ2) is 65.7. The normalized spacial score (nSPS) is 13.1. The minimum Gasteiger partial charge on any atom is -0.748 e. The van der Waals surface area contributed by atoms with E-state index in [1.165, 1.54) is 82.1 Å². The molecule has 1 saturated carbocycles. The zero-order chi connectivity index (χ0) is 93.9. The van der Waals surface area contributed by atoms with Crippen LogP contribution in [0.2, 0.25) is 0 Å². The molecule has 1 aliphatic rings. The van der Waals surface area contributed by atoms with Gasteiger partial charge in [-0.05, 0) is 226 Å². The maximum atomic E-state index is 11.7. The van der Waals surface area contributed by atoms with Crippen LogP contribution in [0.5, 0.6) is 5.75 Å². The van der Waals surface area contributed by atoms with Gasteiger partial charge in [0.15, 0.2) is 0 Å². The van der Waals surface area contributed by atoms with Gasteiger partial charge in [0.25, 0.3) is 0 Å². The summed E-state index contributed by atoms with van der Waals surface area (Å²) in [7, 11) is -8.72. The summed E-state index contributed by atoms with van der Waals surface area (Å²) in [6.45, 7) is 55.6. The SMILES string of the molecule is CCC(C)(C)C(=O)OC.CCC(C)(C)C(=O)OC.CCC(C)(C)C(=O)OC.CCC(C)(C)C(=O)OC1CCCCC1.CCC(C)(C)C(=O)OCCOc1ccccc1.CCC(C)(C)C(=O)OCc1ccccc1.CCC(C)C(=O)NC(C)(C)CS(=O)(=O)[O-].CCC(C)C(=O)NC(C)(C)CS(=O)(=O)[O-].CCC(C)C(=O)NC(C)(C)CS(=O)(=O)[O-].[Na+].[Na+].[Na+]. The number of carbonyl (C=O) groups is 9. The number of methoxy groups -OCH3 is 3. The van der Waals surface area contributed by atoms with Crippen LogP contribution in [-0.4, -0.2) is 167 Å². The van der Waals surface area contributed by atoms with Crippen LogP contribution in [0.1, 0.15) is 303 Å². The molecular formula is C87H156N3Na3O25S3. The predicted molar refractivity (Wildman–Crippen MR) is 461 cm³/mol. The fourth-order valence-corrected chi connectivity index (χ4v) is 11.3. The molecule has 28 nitrogen and oxygen atoms in total. The standard InChI is InChI=1S/C14H20O3.C13H18O2.C12H22O2.3C9H19NO4S.3C7H14O2.3Na/c1-4-14(2,3)13(15)17-11-10-16-12-8-6-5-7-9-12;1-4-13(2,3)12(14)15-10-11-8-6-5-7-9-11;1-4-12(2,3)11(13)14-10-8-6-5-7-9-10;3*1-5-7(2)8(11)10-9(3,4)6-15(12,13)14;3*1-5-7(2,3)6(8)9-4;;;/h5-9H,4,10-11H2,1-3H3;5-9H,4,10H2,1-3H3;10H,4-9H2,1-3H3;3*7H,5-6H2,1-4H3,(H,10,11)(H,12,13,14);3*5H2,1-4H3;;;/q;;;;;;;;;3*+1/p-3. The number of hydrogen-bond donors (Lipinski definition) is 3. The number of nitrogens with one attached hydrogen (secondary N) is 3. The van der Waals surface area contributed by atoms with Crippen molar-refractivity contribution in [2.75, 3.05) is 51.8 Å². The van der Waals surface area contributed by atoms with E-state index in [4.69, 9.17) is 18.9 Å². The second-order valence-electron chi connectivity index (χ2n) is 35.1. The molecule has 3 amide bonds. The van der Waals surface area contributed by atoms with E-state index in [1.54, 1.807) is 20.8 Å². The van der Waals surface area contributed by atoms with Crippen LogP contribution in [0, 0.1) is 50.2 Å². The smallest absolute Gasteiger partial charge is 0.748 e. The van der Waals surface area contributed by atoms with E-state index in [0.29, 0.717) is 32.5 Å². The summed E-state index contributed by atoms with van der Waals surface area (Å²) in [6.07, 6.45) is 12.9. The van der Waals surface area contributed by atoms with Crippen molar-refractivity contribution in [3.8, 4) is 5.75 Å². The molecule has 2 aromatic rings. The molecule has 3 unspecified atom stereocenters. The van der Waals surface area contributed by atoms with Gasteiger partial charge >= 0.3 is 124 Å². The van der Waals surface area contributed by atoms with E-state index in [-0.39, 0.29) is 200 Å². The van der Waals surface area contributed by atoms with Crippen molar-refractivity contribution in [2.45, 2.75) is 327 Å². The topological polar surface area (TPSA) is 426 Å². The Morgan fingerprint density at radius 1 is 0.372 bits per heavy atom. The van der Waals surface area contributed by atoms with E-state index in [2.05, 4.69) is 30.2 Å². The third-order valence-electron chi connectivity index (χ3n) is 19.7. The molecule has 121 heavy (non-hydrogen) atoms. The van der Waals surface area contributed by atoms with Gasteiger partial charge in [0.1, 0.15) is 31.7 Å². The monoisotopic (exact) mass is 1810 g/mol. The van der Waals surface area contributed by atoms with Gasteiger partial charge in [-0.2, -0.15) is 0 Å². The number of para-hydroxylation sites is 1. The van der Waals surface area contributed by atoms with Gasteiger partial charge in [0.2, 0.25) is 17.7 Å². The molecule has 0 bridgehead atoms. The van der Waals surface area contributed by atoms with Gasteiger partial charge in [-0.15, -0.1) is 0 Å². The Morgan fingerprint density at radius 3 is 0.860 bits per heavy atom. The Balaban J connectivity index is -0.000000167. The third-order valence-corrected chi connectivity index (χ3v) is 22.9. The number of esters is 6. The van der Waals surface area contributed by atoms with Crippen molar-refractivity contribution in [1.82, 2.24) is 16.0 Å². The minimum atomic E-state index is -4.32. The molecule has 0 saturated heterocycles. The van der Waals surface area contributed by atoms with Crippen LogP contribution in [-0.2, 0) is 109 Å². The number of hydrogen-bond acceptors (Lipinski definition) is 25. The molecule has 0 spiro atoms. The molecule has 0 aliphatic heterocycles. The third kappa shape index (κ3) is 69.9. The zero-order valence-corrected chi connectivity index (χ0v) is 89.6. The fraction of sp³-hybridized carbons (Fsp3) is 0.759. The summed E-state index contributed by atoms with van der Waals surface area (Å²) in [5.74, 6) is -2.96.